The summed E-state index contributed by atoms with van der Waals surface area (Å²) < 4.78 is 7.42. The molecule has 0 saturated carbocycles. The van der Waals surface area contributed by atoms with E-state index >= 15 is 0 Å². The third-order valence-electron chi connectivity index (χ3n) is 5.59. The smallest absolute Gasteiger partial charge is 0.230 e. The average Bonchev–Trinajstić information content (AvgIpc) is 3.14. The molecular weight excluding hydrogens is 434 g/mol. The van der Waals surface area contributed by atoms with Crippen molar-refractivity contribution in [3.63, 3.8) is 0 Å². The van der Waals surface area contributed by atoms with Gasteiger partial charge in [-0.05, 0) is 36.1 Å². The minimum atomic E-state index is -0.0855. The highest BCUT2D eigenvalue weighted by Crippen LogP contribution is 2.28. The highest BCUT2D eigenvalue weighted by Gasteiger charge is 2.20. The van der Waals surface area contributed by atoms with Gasteiger partial charge < -0.3 is 14.6 Å². The van der Waals surface area contributed by atoms with Crippen LogP contribution < -0.4 is 10.1 Å². The number of ether oxygens (including phenoxy) is 1. The fourth-order valence-corrected chi connectivity index (χ4v) is 4.58. The zero-order valence-corrected chi connectivity index (χ0v) is 20.2. The van der Waals surface area contributed by atoms with Crippen molar-refractivity contribution in [2.45, 2.75) is 44.9 Å². The van der Waals surface area contributed by atoms with Crippen molar-refractivity contribution in [3.8, 4) is 5.75 Å². The third kappa shape index (κ3) is 4.95. The fraction of sp³-hybridized carbons (Fsp3) is 0.360. The van der Waals surface area contributed by atoms with Crippen LogP contribution in [0.1, 0.15) is 38.8 Å². The zero-order valence-electron chi connectivity index (χ0n) is 19.4. The second-order valence-electron chi connectivity index (χ2n) is 8.29. The van der Waals surface area contributed by atoms with E-state index in [4.69, 9.17) is 9.72 Å². The monoisotopic (exact) mass is 463 g/mol. The van der Waals surface area contributed by atoms with Crippen molar-refractivity contribution >= 4 is 39.7 Å². The summed E-state index contributed by atoms with van der Waals surface area (Å²) in [6.07, 6.45) is 0.991. The lowest BCUT2D eigenvalue weighted by atomic mass is 9.96. The minimum Gasteiger partial charge on any atom is -0.497 e. The predicted molar refractivity (Wildman–Crippen MR) is 133 cm³/mol. The van der Waals surface area contributed by atoms with E-state index in [2.05, 4.69) is 46.9 Å². The summed E-state index contributed by atoms with van der Waals surface area (Å²) in [7, 11) is 1.64. The van der Waals surface area contributed by atoms with E-state index in [1.807, 2.05) is 42.5 Å². The van der Waals surface area contributed by atoms with E-state index in [1.165, 1.54) is 11.8 Å². The molecule has 4 rings (SSSR count). The summed E-state index contributed by atoms with van der Waals surface area (Å²) in [5, 5.41) is 13.4. The Balaban J connectivity index is 1.49. The van der Waals surface area contributed by atoms with E-state index < -0.39 is 0 Å². The molecule has 0 bridgehead atoms. The number of nitrogens with one attached hydrogen (secondary N) is 1. The van der Waals surface area contributed by atoms with Crippen molar-refractivity contribution < 1.29 is 9.53 Å². The van der Waals surface area contributed by atoms with Gasteiger partial charge in [-0.2, -0.15) is 0 Å². The summed E-state index contributed by atoms with van der Waals surface area (Å²) in [6, 6.07) is 15.9. The van der Waals surface area contributed by atoms with Gasteiger partial charge in [0, 0.05) is 11.9 Å². The van der Waals surface area contributed by atoms with E-state index in [0.717, 1.165) is 46.3 Å². The molecule has 2 aromatic heterocycles. The van der Waals surface area contributed by atoms with Crippen molar-refractivity contribution in [2.75, 3.05) is 12.9 Å². The topological polar surface area (TPSA) is 81.9 Å². The summed E-state index contributed by atoms with van der Waals surface area (Å²) in [4.78, 5) is 17.5. The van der Waals surface area contributed by atoms with Gasteiger partial charge in [0.05, 0.1) is 24.4 Å². The molecule has 0 fully saturated rings. The largest absolute Gasteiger partial charge is 0.497 e. The number of methoxy groups -OCH3 is 1. The van der Waals surface area contributed by atoms with Crippen molar-refractivity contribution in [3.05, 3.63) is 54.1 Å². The van der Waals surface area contributed by atoms with Crippen LogP contribution in [-0.2, 0) is 11.3 Å². The van der Waals surface area contributed by atoms with Gasteiger partial charge in [-0.3, -0.25) is 4.79 Å². The molecule has 33 heavy (non-hydrogen) atoms. The molecule has 0 spiro atoms. The molecule has 0 aliphatic rings. The summed E-state index contributed by atoms with van der Waals surface area (Å²) in [6.45, 7) is 7.18. The molecule has 1 N–H and O–H groups in total. The lowest BCUT2D eigenvalue weighted by Gasteiger charge is -2.23. The number of hydrogen-bond donors (Lipinski definition) is 1. The van der Waals surface area contributed by atoms with Crippen LogP contribution in [0.15, 0.2) is 53.7 Å². The number of aromatic nitrogens is 4. The number of fused-ring (bicyclic) bond motifs is 3. The van der Waals surface area contributed by atoms with Gasteiger partial charge in [-0.1, -0.05) is 62.9 Å². The lowest BCUT2D eigenvalue weighted by Crippen LogP contribution is -2.33. The van der Waals surface area contributed by atoms with Gasteiger partial charge in [-0.15, -0.1) is 10.2 Å². The van der Waals surface area contributed by atoms with Crippen LogP contribution in [0.3, 0.4) is 0 Å². The summed E-state index contributed by atoms with van der Waals surface area (Å²) in [5.41, 5.74) is 3.77. The normalized spacial score (nSPS) is 12.4. The Bertz CT molecular complexity index is 1250. The highest BCUT2D eigenvalue weighted by molar-refractivity contribution is 7.99. The second-order valence-corrected chi connectivity index (χ2v) is 9.23. The average molecular weight is 464 g/mol. The molecule has 0 saturated heterocycles. The van der Waals surface area contributed by atoms with Crippen molar-refractivity contribution in [1.29, 1.82) is 0 Å². The van der Waals surface area contributed by atoms with Crippen molar-refractivity contribution in [2.24, 2.45) is 5.92 Å². The number of carbonyl (C=O) groups excluding carboxylic acids is 1. The Kier molecular flexibility index (Phi) is 7.13. The van der Waals surface area contributed by atoms with Gasteiger partial charge in [0.15, 0.2) is 5.65 Å². The first-order chi connectivity index (χ1) is 16.0. The van der Waals surface area contributed by atoms with Gasteiger partial charge in [0.2, 0.25) is 11.1 Å². The SMILES string of the molecule is CCCn1c2ccccc2c2nnc(SCC(=O)NC(c3ccc(OC)cc3)C(C)C)nc21. The Morgan fingerprint density at radius 3 is 2.58 bits per heavy atom. The maximum absolute atomic E-state index is 12.8. The maximum Gasteiger partial charge on any atom is 0.230 e. The van der Waals surface area contributed by atoms with Crippen LogP contribution in [0.25, 0.3) is 22.1 Å². The third-order valence-corrected chi connectivity index (χ3v) is 6.43. The van der Waals surface area contributed by atoms with Crippen LogP contribution >= 0.6 is 11.8 Å². The molecule has 8 heteroatoms. The Labute approximate surface area is 197 Å². The van der Waals surface area contributed by atoms with Crippen LogP contribution in [-0.4, -0.2) is 38.5 Å². The minimum absolute atomic E-state index is 0.0627. The molecule has 172 valence electrons. The molecule has 1 unspecified atom stereocenters. The fourth-order valence-electron chi connectivity index (χ4n) is 3.99. The molecular formula is C25H29N5O2S. The maximum atomic E-state index is 12.8. The summed E-state index contributed by atoms with van der Waals surface area (Å²) >= 11 is 1.30. The number of nitrogens with zero attached hydrogens (tertiary/aromatic N) is 4. The number of thioether (sulfide) groups is 1. The van der Waals surface area contributed by atoms with Crippen LogP contribution in [0, 0.1) is 5.92 Å². The molecule has 0 aliphatic heterocycles. The first kappa shape index (κ1) is 23.0. The van der Waals surface area contributed by atoms with Crippen LogP contribution in [0.4, 0.5) is 0 Å². The first-order valence-corrected chi connectivity index (χ1v) is 12.2. The number of aryl methyl sites for hydroxylation is 1. The van der Waals surface area contributed by atoms with Gasteiger partial charge >= 0.3 is 0 Å². The molecule has 2 heterocycles. The molecule has 0 aliphatic carbocycles. The van der Waals surface area contributed by atoms with Gasteiger partial charge in [-0.25, -0.2) is 4.98 Å². The molecule has 1 atom stereocenters. The predicted octanol–water partition coefficient (Wildman–Crippen LogP) is 5.00. The summed E-state index contributed by atoms with van der Waals surface area (Å²) in [5.74, 6) is 1.20. The van der Waals surface area contributed by atoms with E-state index in [-0.39, 0.29) is 23.6 Å². The Hall–Kier alpha value is -3.13. The Morgan fingerprint density at radius 1 is 1.12 bits per heavy atom. The quantitative estimate of drug-likeness (QED) is 0.352. The van der Waals surface area contributed by atoms with Crippen LogP contribution in [0.2, 0.25) is 0 Å². The number of carbonyl (C=O) groups is 1. The molecule has 7 nitrogen and oxygen atoms in total. The van der Waals surface area contributed by atoms with Gasteiger partial charge in [0.1, 0.15) is 11.3 Å². The zero-order chi connectivity index (χ0) is 23.4. The van der Waals surface area contributed by atoms with E-state index in [1.54, 1.807) is 7.11 Å². The Morgan fingerprint density at radius 2 is 1.88 bits per heavy atom. The lowest BCUT2D eigenvalue weighted by molar-refractivity contribution is -0.119. The molecule has 0 radical (unpaired) electrons. The van der Waals surface area contributed by atoms with Gasteiger partial charge in [0.25, 0.3) is 0 Å². The standard InChI is InChI=1S/C25H29N5O2S/c1-5-14-30-20-9-7-6-8-19(20)23-24(30)27-25(29-28-23)33-15-21(31)26-22(16(2)3)17-10-12-18(32-4)13-11-17/h6-13,16,22H,5,14-15H2,1-4H3,(H,26,31). The number of hydrogen-bond acceptors (Lipinski definition) is 6. The number of para-hydroxylation sites is 1. The molecule has 4 aromatic rings. The molecule has 2 aromatic carbocycles. The number of rotatable bonds is 9. The van der Waals surface area contributed by atoms with E-state index in [0.29, 0.717) is 5.16 Å². The number of amides is 1. The molecule has 1 amide bonds. The van der Waals surface area contributed by atoms with Crippen LogP contribution in [0.5, 0.6) is 5.75 Å². The second kappa shape index (κ2) is 10.2. The first-order valence-electron chi connectivity index (χ1n) is 11.2. The highest BCUT2D eigenvalue weighted by atomic mass is 32.2. The number of benzene rings is 2. The van der Waals surface area contributed by atoms with E-state index in [9.17, 15) is 4.79 Å². The van der Waals surface area contributed by atoms with Crippen molar-refractivity contribution in [1.82, 2.24) is 25.1 Å².